The molecule has 2 aromatic carbocycles. The normalized spacial score (nSPS) is 11.5. The summed E-state index contributed by atoms with van der Waals surface area (Å²) < 4.78 is 26.8. The number of benzene rings is 2. The Morgan fingerprint density at radius 3 is 2.00 bits per heavy atom. The summed E-state index contributed by atoms with van der Waals surface area (Å²) in [4.78, 5) is 12.4. The molecule has 2 aromatic rings. The molecule has 0 aliphatic rings. The summed E-state index contributed by atoms with van der Waals surface area (Å²) in [5.41, 5.74) is 2.23. The van der Waals surface area contributed by atoms with Crippen LogP contribution >= 0.6 is 12.2 Å². The topological polar surface area (TPSA) is 87.3 Å². The minimum absolute atomic E-state index is 0.133. The van der Waals surface area contributed by atoms with Crippen molar-refractivity contribution >= 4 is 38.9 Å². The van der Waals surface area contributed by atoms with Crippen LogP contribution in [0.1, 0.15) is 49.5 Å². The number of amides is 1. The molecule has 0 atom stereocenters. The van der Waals surface area contributed by atoms with E-state index < -0.39 is 10.0 Å². The molecule has 3 N–H and O–H groups in total. The van der Waals surface area contributed by atoms with Crippen molar-refractivity contribution in [3.05, 3.63) is 59.7 Å². The van der Waals surface area contributed by atoms with E-state index in [1.54, 1.807) is 38.1 Å². The van der Waals surface area contributed by atoms with E-state index in [1.165, 1.54) is 12.1 Å². The van der Waals surface area contributed by atoms with E-state index in [4.69, 9.17) is 12.2 Å². The van der Waals surface area contributed by atoms with Crippen LogP contribution < -0.4 is 15.4 Å². The molecular weight excluding hydrogens is 394 g/mol. The third-order valence-electron chi connectivity index (χ3n) is 3.88. The van der Waals surface area contributed by atoms with Gasteiger partial charge in [-0.15, -0.1) is 0 Å². The maximum absolute atomic E-state index is 12.3. The first kappa shape index (κ1) is 22.0. The highest BCUT2D eigenvalue weighted by Crippen LogP contribution is 2.16. The van der Waals surface area contributed by atoms with Gasteiger partial charge >= 0.3 is 0 Å². The zero-order valence-electron chi connectivity index (χ0n) is 16.3. The van der Waals surface area contributed by atoms with Crippen LogP contribution in [-0.2, 0) is 10.0 Å². The first-order valence-electron chi connectivity index (χ1n) is 8.93. The largest absolute Gasteiger partial charge is 0.332 e. The van der Waals surface area contributed by atoms with Crippen molar-refractivity contribution in [2.24, 2.45) is 0 Å². The minimum Gasteiger partial charge on any atom is -0.332 e. The van der Waals surface area contributed by atoms with Crippen molar-refractivity contribution in [2.45, 2.75) is 44.6 Å². The molecule has 0 aliphatic carbocycles. The molecule has 0 aromatic heterocycles. The van der Waals surface area contributed by atoms with Gasteiger partial charge in [0.1, 0.15) is 0 Å². The Kier molecular flexibility index (Phi) is 7.29. The SMILES string of the molecule is CC(C)NS(=O)(=O)c1ccc(NC(=S)NC(=O)c2ccc(C(C)C)cc2)cc1. The Morgan fingerprint density at radius 1 is 0.929 bits per heavy atom. The minimum atomic E-state index is -3.55. The Morgan fingerprint density at radius 2 is 1.50 bits per heavy atom. The molecule has 28 heavy (non-hydrogen) atoms. The summed E-state index contributed by atoms with van der Waals surface area (Å²) in [6.07, 6.45) is 0. The van der Waals surface area contributed by atoms with E-state index in [9.17, 15) is 13.2 Å². The van der Waals surface area contributed by atoms with Gasteiger partial charge < -0.3 is 5.32 Å². The highest BCUT2D eigenvalue weighted by atomic mass is 32.2. The fourth-order valence-corrected chi connectivity index (χ4v) is 3.91. The Labute approximate surface area is 171 Å². The lowest BCUT2D eigenvalue weighted by molar-refractivity contribution is 0.0977. The second kappa shape index (κ2) is 9.27. The molecule has 0 saturated carbocycles. The van der Waals surface area contributed by atoms with Gasteiger partial charge in [-0.2, -0.15) is 0 Å². The zero-order valence-corrected chi connectivity index (χ0v) is 17.9. The van der Waals surface area contributed by atoms with Gasteiger partial charge in [0.2, 0.25) is 10.0 Å². The Bertz CT molecular complexity index is 936. The first-order chi connectivity index (χ1) is 13.1. The summed E-state index contributed by atoms with van der Waals surface area (Å²) in [6.45, 7) is 7.68. The number of anilines is 1. The van der Waals surface area contributed by atoms with E-state index >= 15 is 0 Å². The van der Waals surface area contributed by atoms with Crippen LogP contribution in [0, 0.1) is 0 Å². The first-order valence-corrected chi connectivity index (χ1v) is 10.8. The van der Waals surface area contributed by atoms with Gasteiger partial charge in [0.05, 0.1) is 4.90 Å². The van der Waals surface area contributed by atoms with Crippen LogP contribution in [0.5, 0.6) is 0 Å². The summed E-state index contributed by atoms with van der Waals surface area (Å²) in [6, 6.07) is 13.3. The summed E-state index contributed by atoms with van der Waals surface area (Å²) >= 11 is 5.17. The van der Waals surface area contributed by atoms with Crippen molar-refractivity contribution in [2.75, 3.05) is 5.32 Å². The monoisotopic (exact) mass is 419 g/mol. The number of carbonyl (C=O) groups is 1. The molecule has 150 valence electrons. The van der Waals surface area contributed by atoms with Gasteiger partial charge in [-0.25, -0.2) is 13.1 Å². The molecule has 0 bridgehead atoms. The second-order valence-electron chi connectivity index (χ2n) is 6.99. The maximum atomic E-state index is 12.3. The van der Waals surface area contributed by atoms with Gasteiger partial charge in [-0.3, -0.25) is 10.1 Å². The highest BCUT2D eigenvalue weighted by Gasteiger charge is 2.15. The average Bonchev–Trinajstić information content (AvgIpc) is 2.61. The zero-order chi connectivity index (χ0) is 20.9. The lowest BCUT2D eigenvalue weighted by Crippen LogP contribution is -2.34. The van der Waals surface area contributed by atoms with Crippen LogP contribution in [0.4, 0.5) is 5.69 Å². The smallest absolute Gasteiger partial charge is 0.257 e. The van der Waals surface area contributed by atoms with Gasteiger partial charge in [-0.05, 0) is 73.9 Å². The maximum Gasteiger partial charge on any atom is 0.257 e. The number of thiocarbonyl (C=S) groups is 1. The van der Waals surface area contributed by atoms with Crippen molar-refractivity contribution < 1.29 is 13.2 Å². The lowest BCUT2D eigenvalue weighted by atomic mass is 10.0. The summed E-state index contributed by atoms with van der Waals surface area (Å²) in [7, 11) is -3.55. The van der Waals surface area contributed by atoms with Gasteiger partial charge in [-0.1, -0.05) is 26.0 Å². The molecule has 8 heteroatoms. The van der Waals surface area contributed by atoms with Gasteiger partial charge in [0.15, 0.2) is 5.11 Å². The standard InChI is InChI=1S/C20H25N3O3S2/c1-13(2)15-5-7-16(8-6-15)19(24)22-20(27)21-17-9-11-18(12-10-17)28(25,26)23-14(3)4/h5-14,23H,1-4H3,(H2,21,22,24,27). The molecule has 0 unspecified atom stereocenters. The van der Waals surface area contributed by atoms with E-state index in [-0.39, 0.29) is 22.0 Å². The number of hydrogen-bond donors (Lipinski definition) is 3. The number of nitrogens with one attached hydrogen (secondary N) is 3. The van der Waals surface area contributed by atoms with E-state index in [0.717, 1.165) is 5.56 Å². The molecule has 0 fully saturated rings. The second-order valence-corrected chi connectivity index (χ2v) is 9.11. The van der Waals surface area contributed by atoms with Crippen molar-refractivity contribution in [1.82, 2.24) is 10.0 Å². The van der Waals surface area contributed by atoms with E-state index in [0.29, 0.717) is 17.2 Å². The van der Waals surface area contributed by atoms with Crippen LogP contribution in [-0.4, -0.2) is 25.5 Å². The van der Waals surface area contributed by atoms with Crippen LogP contribution in [0.2, 0.25) is 0 Å². The predicted octanol–water partition coefficient (Wildman–Crippen LogP) is 3.62. The molecule has 0 saturated heterocycles. The molecular formula is C20H25N3O3S2. The van der Waals surface area contributed by atoms with Gasteiger partial charge in [0, 0.05) is 17.3 Å². The molecule has 1 amide bonds. The lowest BCUT2D eigenvalue weighted by Gasteiger charge is -2.12. The number of carbonyl (C=O) groups excluding carboxylic acids is 1. The summed E-state index contributed by atoms with van der Waals surface area (Å²) in [5.74, 6) is 0.0792. The molecule has 0 spiro atoms. The Hall–Kier alpha value is -2.29. The van der Waals surface area contributed by atoms with E-state index in [2.05, 4.69) is 29.2 Å². The number of rotatable bonds is 6. The molecule has 0 radical (unpaired) electrons. The van der Waals surface area contributed by atoms with Crippen molar-refractivity contribution in [1.29, 1.82) is 0 Å². The van der Waals surface area contributed by atoms with Crippen molar-refractivity contribution in [3.8, 4) is 0 Å². The third-order valence-corrected chi connectivity index (χ3v) is 5.76. The van der Waals surface area contributed by atoms with E-state index in [1.807, 2.05) is 12.1 Å². The summed E-state index contributed by atoms with van der Waals surface area (Å²) in [5, 5.41) is 5.62. The van der Waals surface area contributed by atoms with Crippen LogP contribution in [0.3, 0.4) is 0 Å². The third kappa shape index (κ3) is 6.12. The van der Waals surface area contributed by atoms with Crippen LogP contribution in [0.25, 0.3) is 0 Å². The molecule has 6 nitrogen and oxygen atoms in total. The fraction of sp³-hybridized carbons (Fsp3) is 0.300. The van der Waals surface area contributed by atoms with Gasteiger partial charge in [0.25, 0.3) is 5.91 Å². The van der Waals surface area contributed by atoms with Crippen LogP contribution in [0.15, 0.2) is 53.4 Å². The van der Waals surface area contributed by atoms with Crippen molar-refractivity contribution in [3.63, 3.8) is 0 Å². The predicted molar refractivity (Wildman–Crippen MR) is 116 cm³/mol. The molecule has 0 heterocycles. The number of sulfonamides is 1. The fourth-order valence-electron chi connectivity index (χ4n) is 2.45. The average molecular weight is 420 g/mol. The molecule has 2 rings (SSSR count). The highest BCUT2D eigenvalue weighted by molar-refractivity contribution is 7.89. The quantitative estimate of drug-likeness (QED) is 0.623. The Balaban J connectivity index is 1.98. The molecule has 0 aliphatic heterocycles. The number of hydrogen-bond acceptors (Lipinski definition) is 4.